The Balaban J connectivity index is 0.996. The van der Waals surface area contributed by atoms with Crippen LogP contribution in [0.25, 0.3) is 24.3 Å². The molecule has 2 heterocycles. The summed E-state index contributed by atoms with van der Waals surface area (Å²) < 4.78 is 27.0. The van der Waals surface area contributed by atoms with Crippen molar-refractivity contribution < 1.29 is 37.7 Å². The standard InChI is InChI=1S/C46H58N4O6S2/c1-5-53-41-19-17-39(35-43(41)55-7-3)15-13-37-21-29-49(30-22-37)27-9-11-45(51)47-25-33-57-58-34-26-48-46(52)12-10-28-50-31-23-38(24-32-50)14-16-40-18-20-42(54-6-2)44(36-40)56-8-4/h13-24,29-32,35-36H,5-12,25-28,33-34H2,1-4H3/p+2/b15-13+,16-14+. The van der Waals surface area contributed by atoms with Gasteiger partial charge in [0.05, 0.1) is 26.4 Å². The number of pyridine rings is 2. The first kappa shape index (κ1) is 45.8. The van der Waals surface area contributed by atoms with Crippen molar-refractivity contribution >= 4 is 57.7 Å². The maximum absolute atomic E-state index is 12.3. The molecule has 0 unspecified atom stereocenters. The number of ether oxygens (including phenoxy) is 4. The Morgan fingerprint density at radius 3 is 1.26 bits per heavy atom. The second-order valence-corrected chi connectivity index (χ2v) is 15.8. The monoisotopic (exact) mass is 828 g/mol. The van der Waals surface area contributed by atoms with Crippen LogP contribution in [0.15, 0.2) is 85.5 Å². The van der Waals surface area contributed by atoms with Crippen LogP contribution in [-0.4, -0.2) is 62.8 Å². The molecule has 0 atom stereocenters. The summed E-state index contributed by atoms with van der Waals surface area (Å²) in [6, 6.07) is 20.2. The van der Waals surface area contributed by atoms with Gasteiger partial charge in [0.2, 0.25) is 11.8 Å². The lowest BCUT2D eigenvalue weighted by Crippen LogP contribution is -2.34. The Bertz CT molecular complexity index is 1750. The van der Waals surface area contributed by atoms with Gasteiger partial charge in [0.25, 0.3) is 0 Å². The summed E-state index contributed by atoms with van der Waals surface area (Å²) in [5, 5.41) is 6.03. The van der Waals surface area contributed by atoms with Gasteiger partial charge in [-0.15, -0.1) is 0 Å². The highest BCUT2D eigenvalue weighted by Crippen LogP contribution is 2.30. The van der Waals surface area contributed by atoms with E-state index >= 15 is 0 Å². The summed E-state index contributed by atoms with van der Waals surface area (Å²) in [5.74, 6) is 4.80. The molecule has 4 aromatic rings. The van der Waals surface area contributed by atoms with Crippen molar-refractivity contribution in [3.05, 3.63) is 108 Å². The van der Waals surface area contributed by atoms with Gasteiger partial charge in [-0.3, -0.25) is 9.59 Å². The van der Waals surface area contributed by atoms with Crippen LogP contribution < -0.4 is 38.7 Å². The minimum Gasteiger partial charge on any atom is -0.490 e. The molecule has 0 fully saturated rings. The van der Waals surface area contributed by atoms with Gasteiger partial charge in [-0.1, -0.05) is 58.0 Å². The van der Waals surface area contributed by atoms with E-state index in [1.807, 2.05) is 88.9 Å². The molecule has 2 N–H and O–H groups in total. The molecule has 0 aliphatic heterocycles. The molecule has 0 bridgehead atoms. The largest absolute Gasteiger partial charge is 0.490 e. The number of nitrogens with zero attached hydrogens (tertiary/aromatic N) is 2. The van der Waals surface area contributed by atoms with Crippen molar-refractivity contribution in [1.29, 1.82) is 0 Å². The summed E-state index contributed by atoms with van der Waals surface area (Å²) in [6.07, 6.45) is 18.9. The molecule has 0 aliphatic carbocycles. The van der Waals surface area contributed by atoms with Crippen LogP contribution in [0.1, 0.15) is 75.6 Å². The van der Waals surface area contributed by atoms with Gasteiger partial charge in [-0.25, -0.2) is 9.13 Å². The minimum absolute atomic E-state index is 0.0718. The van der Waals surface area contributed by atoms with E-state index in [1.54, 1.807) is 21.6 Å². The molecule has 12 heteroatoms. The highest BCUT2D eigenvalue weighted by Gasteiger charge is 2.09. The number of carbonyl (C=O) groups excluding carboxylic acids is 2. The maximum Gasteiger partial charge on any atom is 0.220 e. The third kappa shape index (κ3) is 17.3. The Morgan fingerprint density at radius 2 is 0.879 bits per heavy atom. The Kier molecular flexibility index (Phi) is 21.2. The summed E-state index contributed by atoms with van der Waals surface area (Å²) in [7, 11) is 3.42. The maximum atomic E-state index is 12.3. The fourth-order valence-electron chi connectivity index (χ4n) is 5.79. The molecule has 0 spiro atoms. The van der Waals surface area contributed by atoms with Gasteiger partial charge in [0.1, 0.15) is 13.1 Å². The zero-order chi connectivity index (χ0) is 41.2. The van der Waals surface area contributed by atoms with Crippen LogP contribution in [0.2, 0.25) is 0 Å². The van der Waals surface area contributed by atoms with Crippen molar-refractivity contribution in [2.24, 2.45) is 0 Å². The number of aromatic nitrogens is 2. The van der Waals surface area contributed by atoms with Gasteiger partial charge >= 0.3 is 0 Å². The molecule has 0 aliphatic rings. The lowest BCUT2D eigenvalue weighted by molar-refractivity contribution is -0.697. The topological polar surface area (TPSA) is 103 Å². The van der Waals surface area contributed by atoms with Crippen LogP contribution >= 0.6 is 21.6 Å². The average Bonchev–Trinajstić information content (AvgIpc) is 3.23. The summed E-state index contributed by atoms with van der Waals surface area (Å²) in [6.45, 7) is 13.0. The van der Waals surface area contributed by atoms with Crippen LogP contribution in [0.4, 0.5) is 0 Å². The molecule has 4 rings (SSSR count). The molecular weight excluding hydrogens is 769 g/mol. The number of hydrogen-bond donors (Lipinski definition) is 2. The van der Waals surface area contributed by atoms with Crippen molar-refractivity contribution in [3.63, 3.8) is 0 Å². The SMILES string of the molecule is CCOc1ccc(/C=C/c2cc[n+](CCCC(=O)NCCSSCCNC(=O)CCC[n+]3ccc(/C=C/c4ccc(OCC)c(OCC)c4)cc3)cc2)cc1OCC. The van der Waals surface area contributed by atoms with Gasteiger partial charge in [-0.2, -0.15) is 0 Å². The molecule has 10 nitrogen and oxygen atoms in total. The second-order valence-electron chi connectivity index (χ2n) is 13.1. The van der Waals surface area contributed by atoms with Crippen molar-refractivity contribution in [2.45, 2.75) is 66.5 Å². The number of nitrogens with one attached hydrogen (secondary N) is 2. The Hall–Kier alpha value is -4.94. The molecule has 310 valence electrons. The van der Waals surface area contributed by atoms with E-state index in [0.717, 1.165) is 82.7 Å². The van der Waals surface area contributed by atoms with E-state index in [1.165, 1.54) is 0 Å². The van der Waals surface area contributed by atoms with E-state index in [2.05, 4.69) is 68.3 Å². The van der Waals surface area contributed by atoms with E-state index in [0.29, 0.717) is 52.4 Å². The second kappa shape index (κ2) is 26.9. The number of hydrogen-bond acceptors (Lipinski definition) is 8. The first-order valence-corrected chi connectivity index (χ1v) is 22.8. The van der Waals surface area contributed by atoms with Gasteiger partial charge in [-0.05, 0) is 74.2 Å². The Morgan fingerprint density at radius 1 is 0.517 bits per heavy atom. The molecule has 2 aromatic heterocycles. The number of benzene rings is 2. The average molecular weight is 829 g/mol. The van der Waals surface area contributed by atoms with Crippen LogP contribution in [0.3, 0.4) is 0 Å². The fraction of sp³-hybridized carbons (Fsp3) is 0.391. The molecule has 0 radical (unpaired) electrons. The van der Waals surface area contributed by atoms with Crippen LogP contribution in [0.5, 0.6) is 23.0 Å². The predicted octanol–water partition coefficient (Wildman–Crippen LogP) is 8.07. The number of rotatable bonds is 27. The third-order valence-corrected chi connectivity index (χ3v) is 11.1. The lowest BCUT2D eigenvalue weighted by atomic mass is 10.1. The van der Waals surface area contributed by atoms with E-state index in [-0.39, 0.29) is 11.8 Å². The lowest BCUT2D eigenvalue weighted by Gasteiger charge is -2.11. The zero-order valence-electron chi connectivity index (χ0n) is 34.5. The van der Waals surface area contributed by atoms with Crippen molar-refractivity contribution in [3.8, 4) is 23.0 Å². The minimum atomic E-state index is 0.0718. The highest BCUT2D eigenvalue weighted by molar-refractivity contribution is 8.76. The van der Waals surface area contributed by atoms with Gasteiger partial charge < -0.3 is 29.6 Å². The molecule has 0 saturated carbocycles. The van der Waals surface area contributed by atoms with Gasteiger partial charge in [0.15, 0.2) is 47.8 Å². The van der Waals surface area contributed by atoms with E-state index in [9.17, 15) is 9.59 Å². The normalized spacial score (nSPS) is 11.2. The smallest absolute Gasteiger partial charge is 0.220 e. The zero-order valence-corrected chi connectivity index (χ0v) is 36.1. The van der Waals surface area contributed by atoms with E-state index < -0.39 is 0 Å². The fourth-order valence-corrected chi connectivity index (χ4v) is 7.60. The molecule has 58 heavy (non-hydrogen) atoms. The Labute approximate surface area is 352 Å². The first-order chi connectivity index (χ1) is 28.4. The summed E-state index contributed by atoms with van der Waals surface area (Å²) >= 11 is 0. The van der Waals surface area contributed by atoms with Crippen LogP contribution in [0, 0.1) is 0 Å². The molecular formula is C46H60N4O6S2+2. The van der Waals surface area contributed by atoms with E-state index in [4.69, 9.17) is 18.9 Å². The molecule has 0 saturated heterocycles. The quantitative estimate of drug-likeness (QED) is 0.0354. The van der Waals surface area contributed by atoms with Crippen molar-refractivity contribution in [1.82, 2.24) is 10.6 Å². The molecule has 2 amide bonds. The number of aryl methyl sites for hydroxylation is 2. The third-order valence-electron chi connectivity index (χ3n) is 8.64. The number of carbonyl (C=O) groups is 2. The number of amides is 2. The van der Waals surface area contributed by atoms with Gasteiger partial charge in [0, 0.05) is 74.5 Å². The first-order valence-electron chi connectivity index (χ1n) is 20.3. The van der Waals surface area contributed by atoms with Crippen molar-refractivity contribution in [2.75, 3.05) is 51.0 Å². The van der Waals surface area contributed by atoms with Crippen LogP contribution in [-0.2, 0) is 22.7 Å². The predicted molar refractivity (Wildman–Crippen MR) is 238 cm³/mol. The highest BCUT2D eigenvalue weighted by atomic mass is 33.1. The summed E-state index contributed by atoms with van der Waals surface area (Å²) in [4.78, 5) is 24.7. The molecule has 2 aromatic carbocycles. The summed E-state index contributed by atoms with van der Waals surface area (Å²) in [5.41, 5.74) is 4.27.